The van der Waals surface area contributed by atoms with Gasteiger partial charge in [0.2, 0.25) is 0 Å². The number of hydrogen-bond acceptors (Lipinski definition) is 3. The summed E-state index contributed by atoms with van der Waals surface area (Å²) >= 11 is 0. The minimum absolute atomic E-state index is 0.0731. The Morgan fingerprint density at radius 3 is 2.54 bits per heavy atom. The first-order valence-electron chi connectivity index (χ1n) is 9.26. The molecule has 1 N–H and O–H groups in total. The van der Waals surface area contributed by atoms with Crippen LogP contribution < -0.4 is 0 Å². The summed E-state index contributed by atoms with van der Waals surface area (Å²) in [6.07, 6.45) is 11.3. The van der Waals surface area contributed by atoms with Crippen molar-refractivity contribution in [1.29, 1.82) is 0 Å². The molecule has 130 valence electrons. The maximum atomic E-state index is 13.0. The normalized spacial score (nSPS) is 30.5. The molecule has 0 spiro atoms. The Balaban J connectivity index is 1.58. The number of carboxylic acids is 1. The van der Waals surface area contributed by atoms with Crippen LogP contribution in [0.1, 0.15) is 74.3 Å². The Bertz CT molecular complexity index is 635. The van der Waals surface area contributed by atoms with Gasteiger partial charge in [0.15, 0.2) is 0 Å². The summed E-state index contributed by atoms with van der Waals surface area (Å²) in [6, 6.07) is 1.53. The number of amides is 1. The largest absolute Gasteiger partial charge is 0.480 e. The van der Waals surface area contributed by atoms with Gasteiger partial charge >= 0.3 is 5.97 Å². The van der Waals surface area contributed by atoms with E-state index in [1.54, 1.807) is 11.0 Å². The molecule has 6 heteroatoms. The quantitative estimate of drug-likeness (QED) is 0.924. The van der Waals surface area contributed by atoms with Gasteiger partial charge in [0, 0.05) is 12.2 Å². The van der Waals surface area contributed by atoms with Crippen molar-refractivity contribution >= 4 is 11.9 Å². The number of carbonyl (C=O) groups is 2. The number of likely N-dealkylation sites (tertiary alicyclic amines) is 1. The lowest BCUT2D eigenvalue weighted by molar-refractivity contribution is -0.141. The molecular formula is C18H25N3O3. The molecule has 3 atom stereocenters. The maximum absolute atomic E-state index is 13.0. The van der Waals surface area contributed by atoms with Crippen LogP contribution in [-0.4, -0.2) is 43.7 Å². The zero-order valence-electron chi connectivity index (χ0n) is 13.9. The van der Waals surface area contributed by atoms with E-state index in [0.29, 0.717) is 24.1 Å². The second-order valence-corrected chi connectivity index (χ2v) is 7.53. The number of fused-ring (bicyclic) bond motifs is 1. The summed E-state index contributed by atoms with van der Waals surface area (Å²) in [5, 5.41) is 14.1. The second kappa shape index (κ2) is 6.22. The zero-order chi connectivity index (χ0) is 16.7. The molecule has 24 heavy (non-hydrogen) atoms. The van der Waals surface area contributed by atoms with Gasteiger partial charge in [-0.25, -0.2) is 4.79 Å². The van der Waals surface area contributed by atoms with E-state index in [-0.39, 0.29) is 11.9 Å². The number of nitrogens with zero attached hydrogens (tertiary/aromatic N) is 3. The molecule has 3 aliphatic rings. The predicted molar refractivity (Wildman–Crippen MR) is 87.7 cm³/mol. The summed E-state index contributed by atoms with van der Waals surface area (Å²) in [5.41, 5.74) is 0.402. The smallest absolute Gasteiger partial charge is 0.326 e. The third kappa shape index (κ3) is 2.62. The Morgan fingerprint density at radius 2 is 1.79 bits per heavy atom. The summed E-state index contributed by atoms with van der Waals surface area (Å²) in [7, 11) is 0. The van der Waals surface area contributed by atoms with E-state index in [1.807, 2.05) is 10.9 Å². The fourth-order valence-corrected chi connectivity index (χ4v) is 4.93. The van der Waals surface area contributed by atoms with Gasteiger partial charge < -0.3 is 10.0 Å². The van der Waals surface area contributed by atoms with Crippen molar-refractivity contribution in [3.05, 3.63) is 18.0 Å². The SMILES string of the molecule is O=C(O)[C@@H]1C[C@@H]2CCCC[C@H]2N1C(=O)c1ccn(C2CCCC2)n1. The van der Waals surface area contributed by atoms with Crippen molar-refractivity contribution < 1.29 is 14.7 Å². The molecule has 0 bridgehead atoms. The minimum atomic E-state index is -0.882. The van der Waals surface area contributed by atoms with Gasteiger partial charge in [0.25, 0.3) is 5.91 Å². The molecule has 1 aliphatic heterocycles. The van der Waals surface area contributed by atoms with Gasteiger partial charge in [-0.1, -0.05) is 25.7 Å². The average molecular weight is 331 g/mol. The third-order valence-corrected chi connectivity index (χ3v) is 6.13. The molecule has 6 nitrogen and oxygen atoms in total. The van der Waals surface area contributed by atoms with Crippen molar-refractivity contribution in [2.75, 3.05) is 0 Å². The van der Waals surface area contributed by atoms with Crippen molar-refractivity contribution in [3.8, 4) is 0 Å². The summed E-state index contributed by atoms with van der Waals surface area (Å²) < 4.78 is 1.91. The van der Waals surface area contributed by atoms with E-state index in [4.69, 9.17) is 0 Å². The molecule has 0 radical (unpaired) electrons. The monoisotopic (exact) mass is 331 g/mol. The lowest BCUT2D eigenvalue weighted by Crippen LogP contribution is -2.46. The fraction of sp³-hybridized carbons (Fsp3) is 0.722. The van der Waals surface area contributed by atoms with Crippen LogP contribution in [0.25, 0.3) is 0 Å². The third-order valence-electron chi connectivity index (χ3n) is 6.13. The molecule has 3 fully saturated rings. The fourth-order valence-electron chi connectivity index (χ4n) is 4.93. The standard InChI is InChI=1S/C18H25N3O3/c22-17(14-9-10-20(19-14)13-6-2-3-7-13)21-15-8-4-1-5-12(15)11-16(21)18(23)24/h9-10,12-13,15-16H,1-8,11H2,(H,23,24)/t12-,15+,16-/m0/s1. The molecule has 0 unspecified atom stereocenters. The van der Waals surface area contributed by atoms with E-state index >= 15 is 0 Å². The number of aromatic nitrogens is 2. The van der Waals surface area contributed by atoms with Crippen LogP contribution in [0, 0.1) is 5.92 Å². The van der Waals surface area contributed by atoms with Gasteiger partial charge in [0.05, 0.1) is 6.04 Å². The van der Waals surface area contributed by atoms with Crippen LogP contribution in [0.2, 0.25) is 0 Å². The lowest BCUT2D eigenvalue weighted by atomic mass is 9.84. The van der Waals surface area contributed by atoms with Crippen molar-refractivity contribution in [2.24, 2.45) is 5.92 Å². The van der Waals surface area contributed by atoms with Crippen LogP contribution in [0.5, 0.6) is 0 Å². The van der Waals surface area contributed by atoms with Gasteiger partial charge in [-0.3, -0.25) is 9.48 Å². The maximum Gasteiger partial charge on any atom is 0.326 e. The number of rotatable bonds is 3. The molecule has 2 aliphatic carbocycles. The van der Waals surface area contributed by atoms with Gasteiger partial charge in [-0.15, -0.1) is 0 Å². The second-order valence-electron chi connectivity index (χ2n) is 7.53. The average Bonchev–Trinajstić information content (AvgIpc) is 3.31. The van der Waals surface area contributed by atoms with Crippen LogP contribution in [-0.2, 0) is 4.79 Å². The molecular weight excluding hydrogens is 306 g/mol. The number of carboxylic acid groups (broad SMARTS) is 1. The van der Waals surface area contributed by atoms with Crippen LogP contribution >= 0.6 is 0 Å². The molecule has 0 aromatic carbocycles. The van der Waals surface area contributed by atoms with E-state index in [9.17, 15) is 14.7 Å². The predicted octanol–water partition coefficient (Wildman–Crippen LogP) is 2.86. The highest BCUT2D eigenvalue weighted by Gasteiger charge is 2.48. The first kappa shape index (κ1) is 15.7. The molecule has 2 heterocycles. The lowest BCUT2D eigenvalue weighted by Gasteiger charge is -2.32. The number of carbonyl (C=O) groups excluding carboxylic acids is 1. The van der Waals surface area contributed by atoms with E-state index < -0.39 is 12.0 Å². The minimum Gasteiger partial charge on any atom is -0.480 e. The highest BCUT2D eigenvalue weighted by atomic mass is 16.4. The number of aliphatic carboxylic acids is 1. The molecule has 1 saturated heterocycles. The summed E-state index contributed by atoms with van der Waals surface area (Å²) in [5.74, 6) is -0.748. The van der Waals surface area contributed by atoms with E-state index in [2.05, 4.69) is 5.10 Å². The highest BCUT2D eigenvalue weighted by molar-refractivity contribution is 5.95. The Labute approximate surface area is 141 Å². The first-order chi connectivity index (χ1) is 11.6. The molecule has 4 rings (SSSR count). The number of hydrogen-bond donors (Lipinski definition) is 1. The highest BCUT2D eigenvalue weighted by Crippen LogP contribution is 2.40. The summed E-state index contributed by atoms with van der Waals surface area (Å²) in [6.45, 7) is 0. The molecule has 1 aromatic rings. The summed E-state index contributed by atoms with van der Waals surface area (Å²) in [4.78, 5) is 26.4. The topological polar surface area (TPSA) is 75.4 Å². The van der Waals surface area contributed by atoms with Crippen molar-refractivity contribution in [1.82, 2.24) is 14.7 Å². The van der Waals surface area contributed by atoms with E-state index in [0.717, 1.165) is 38.5 Å². The van der Waals surface area contributed by atoms with Crippen LogP contribution in [0.15, 0.2) is 12.3 Å². The van der Waals surface area contributed by atoms with E-state index in [1.165, 1.54) is 12.8 Å². The van der Waals surface area contributed by atoms with Crippen molar-refractivity contribution in [2.45, 2.75) is 75.9 Å². The van der Waals surface area contributed by atoms with Gasteiger partial charge in [-0.05, 0) is 44.1 Å². The van der Waals surface area contributed by atoms with Gasteiger partial charge in [0.1, 0.15) is 11.7 Å². The van der Waals surface area contributed by atoms with Crippen molar-refractivity contribution in [3.63, 3.8) is 0 Å². The molecule has 2 saturated carbocycles. The molecule has 1 amide bonds. The Hall–Kier alpha value is -1.85. The zero-order valence-corrected chi connectivity index (χ0v) is 13.9. The van der Waals surface area contributed by atoms with Crippen LogP contribution in [0.4, 0.5) is 0 Å². The Kier molecular flexibility index (Phi) is 4.06. The van der Waals surface area contributed by atoms with Crippen LogP contribution in [0.3, 0.4) is 0 Å². The first-order valence-corrected chi connectivity index (χ1v) is 9.26. The Morgan fingerprint density at radius 1 is 1.08 bits per heavy atom. The molecule has 1 aromatic heterocycles. The van der Waals surface area contributed by atoms with Gasteiger partial charge in [-0.2, -0.15) is 5.10 Å².